The minimum atomic E-state index is -0.857. The van der Waals surface area contributed by atoms with Crippen LogP contribution in [0.4, 0.5) is 5.69 Å². The number of carboxylic acid groups (broad SMARTS) is 1. The van der Waals surface area contributed by atoms with Crippen LogP contribution < -0.4 is 0 Å². The Morgan fingerprint density at radius 3 is 2.75 bits per heavy atom. The number of furan rings is 1. The first kappa shape index (κ1) is 20.0. The van der Waals surface area contributed by atoms with Crippen molar-refractivity contribution in [3.8, 4) is 11.3 Å². The summed E-state index contributed by atoms with van der Waals surface area (Å²) in [5, 5.41) is 19.6. The van der Waals surface area contributed by atoms with E-state index in [1.807, 2.05) is 12.1 Å². The lowest BCUT2D eigenvalue weighted by atomic mass is 10.1. The monoisotopic (exact) mass is 389 g/mol. The highest BCUT2D eigenvalue weighted by Gasteiger charge is 2.23. The number of likely N-dealkylation sites (N-methyl/N-ethyl adjacent to an activating group) is 1. The summed E-state index contributed by atoms with van der Waals surface area (Å²) in [5.74, 6) is 0.605. The van der Waals surface area contributed by atoms with E-state index in [4.69, 9.17) is 14.3 Å². The van der Waals surface area contributed by atoms with Crippen LogP contribution in [0.25, 0.3) is 11.3 Å². The predicted octanol–water partition coefficient (Wildman–Crippen LogP) is 2.07. The van der Waals surface area contributed by atoms with E-state index >= 15 is 0 Å². The Balaban J connectivity index is 1.57. The highest BCUT2D eigenvalue weighted by Crippen LogP contribution is 2.25. The van der Waals surface area contributed by atoms with Crippen molar-refractivity contribution in [3.63, 3.8) is 0 Å². The second-order valence-corrected chi connectivity index (χ2v) is 6.89. The van der Waals surface area contributed by atoms with Gasteiger partial charge in [-0.05, 0) is 31.3 Å². The molecule has 1 unspecified atom stereocenters. The number of hydrogen-bond donors (Lipinski definition) is 1. The molecule has 0 aliphatic carbocycles. The summed E-state index contributed by atoms with van der Waals surface area (Å²) < 4.78 is 11.6. The fraction of sp³-hybridized carbons (Fsp3) is 0.421. The molecule has 1 aromatic carbocycles. The van der Waals surface area contributed by atoms with Gasteiger partial charge in [0.25, 0.3) is 5.69 Å². The molecule has 9 nitrogen and oxygen atoms in total. The lowest BCUT2D eigenvalue weighted by Gasteiger charge is -2.34. The minimum Gasteiger partial charge on any atom is -0.480 e. The Morgan fingerprint density at radius 1 is 1.32 bits per heavy atom. The summed E-state index contributed by atoms with van der Waals surface area (Å²) >= 11 is 0. The standard InChI is InChI=1S/C19H23N3O6/c1-20(13-19(23)24)10-17-12-21(8-9-27-17)11-16-6-7-18(28-16)14-2-4-15(5-3-14)22(25)26/h2-7,17H,8-13H2,1H3,(H,23,24). The molecule has 1 fully saturated rings. The van der Waals surface area contributed by atoms with E-state index in [1.165, 1.54) is 12.1 Å². The number of nitro benzene ring substituents is 1. The Bertz CT molecular complexity index is 819. The predicted molar refractivity (Wildman–Crippen MR) is 101 cm³/mol. The van der Waals surface area contributed by atoms with E-state index in [1.54, 1.807) is 24.1 Å². The van der Waals surface area contributed by atoms with E-state index in [0.29, 0.717) is 32.0 Å². The Morgan fingerprint density at radius 2 is 2.07 bits per heavy atom. The smallest absolute Gasteiger partial charge is 0.317 e. The maximum absolute atomic E-state index is 10.8. The molecule has 2 heterocycles. The maximum atomic E-state index is 10.8. The molecule has 1 aliphatic heterocycles. The fourth-order valence-electron chi connectivity index (χ4n) is 3.26. The van der Waals surface area contributed by atoms with E-state index < -0.39 is 10.9 Å². The van der Waals surface area contributed by atoms with Crippen LogP contribution in [0.15, 0.2) is 40.8 Å². The SMILES string of the molecule is CN(CC(=O)O)CC1CN(Cc2ccc(-c3ccc([N+](=O)[O-])cc3)o2)CCO1. The number of morpholine rings is 1. The van der Waals surface area contributed by atoms with E-state index in [0.717, 1.165) is 17.9 Å². The summed E-state index contributed by atoms with van der Waals surface area (Å²) in [5.41, 5.74) is 0.828. The first-order chi connectivity index (χ1) is 13.4. The molecule has 1 saturated heterocycles. The van der Waals surface area contributed by atoms with Crippen LogP contribution in [0.1, 0.15) is 5.76 Å². The zero-order valence-corrected chi connectivity index (χ0v) is 15.6. The summed E-state index contributed by atoms with van der Waals surface area (Å²) in [6, 6.07) is 10.0. The Kier molecular flexibility index (Phi) is 6.40. The largest absolute Gasteiger partial charge is 0.480 e. The molecule has 0 bridgehead atoms. The first-order valence-electron chi connectivity index (χ1n) is 8.98. The fourth-order valence-corrected chi connectivity index (χ4v) is 3.26. The molecule has 2 aromatic rings. The van der Waals surface area contributed by atoms with Gasteiger partial charge in [-0.15, -0.1) is 0 Å². The number of non-ortho nitro benzene ring substituents is 1. The molecule has 1 aromatic heterocycles. The zero-order valence-electron chi connectivity index (χ0n) is 15.6. The van der Waals surface area contributed by atoms with Gasteiger partial charge in [0.15, 0.2) is 0 Å². The highest BCUT2D eigenvalue weighted by atomic mass is 16.6. The lowest BCUT2D eigenvalue weighted by Crippen LogP contribution is -2.47. The van der Waals surface area contributed by atoms with Crippen LogP contribution in [-0.4, -0.2) is 71.7 Å². The second-order valence-electron chi connectivity index (χ2n) is 6.89. The van der Waals surface area contributed by atoms with Crippen LogP contribution in [-0.2, 0) is 16.1 Å². The van der Waals surface area contributed by atoms with Crippen LogP contribution in [0.2, 0.25) is 0 Å². The van der Waals surface area contributed by atoms with Gasteiger partial charge in [0.05, 0.1) is 30.7 Å². The third-order valence-corrected chi connectivity index (χ3v) is 4.55. The van der Waals surface area contributed by atoms with Gasteiger partial charge in [0.2, 0.25) is 0 Å². The number of benzene rings is 1. The Labute approximate surface area is 162 Å². The Hall–Kier alpha value is -2.75. The van der Waals surface area contributed by atoms with Crippen LogP contribution in [0.3, 0.4) is 0 Å². The van der Waals surface area contributed by atoms with Gasteiger partial charge in [-0.3, -0.25) is 24.7 Å². The summed E-state index contributed by atoms with van der Waals surface area (Å²) in [7, 11) is 1.76. The summed E-state index contributed by atoms with van der Waals surface area (Å²) in [6.45, 7) is 3.20. The van der Waals surface area contributed by atoms with Gasteiger partial charge in [-0.25, -0.2) is 0 Å². The number of ether oxygens (including phenoxy) is 1. The van der Waals surface area contributed by atoms with Gasteiger partial charge in [0, 0.05) is 37.3 Å². The molecule has 0 radical (unpaired) electrons. The van der Waals surface area contributed by atoms with Crippen molar-refractivity contribution >= 4 is 11.7 Å². The van der Waals surface area contributed by atoms with Gasteiger partial charge < -0.3 is 14.3 Å². The number of nitrogens with zero attached hydrogens (tertiary/aromatic N) is 3. The molecule has 150 valence electrons. The average molecular weight is 389 g/mol. The molecule has 28 heavy (non-hydrogen) atoms. The third kappa shape index (κ3) is 5.38. The van der Waals surface area contributed by atoms with Crippen molar-refractivity contribution in [1.82, 2.24) is 9.80 Å². The topological polar surface area (TPSA) is 109 Å². The highest BCUT2D eigenvalue weighted by molar-refractivity contribution is 5.69. The van der Waals surface area contributed by atoms with Crippen LogP contribution >= 0.6 is 0 Å². The summed E-state index contributed by atoms with van der Waals surface area (Å²) in [4.78, 5) is 25.1. The number of rotatable bonds is 8. The molecule has 1 aliphatic rings. The normalized spacial score (nSPS) is 17.7. The zero-order chi connectivity index (χ0) is 20.1. The lowest BCUT2D eigenvalue weighted by molar-refractivity contribution is -0.384. The number of carbonyl (C=O) groups is 1. The molecule has 0 saturated carbocycles. The molecular weight excluding hydrogens is 366 g/mol. The van der Waals surface area contributed by atoms with Crippen molar-refractivity contribution in [1.29, 1.82) is 0 Å². The molecule has 1 N–H and O–H groups in total. The van der Waals surface area contributed by atoms with E-state index in [9.17, 15) is 14.9 Å². The number of carboxylic acids is 1. The van der Waals surface area contributed by atoms with Gasteiger partial charge in [0.1, 0.15) is 11.5 Å². The molecule has 1 atom stereocenters. The molecule has 9 heteroatoms. The van der Waals surface area contributed by atoms with E-state index in [-0.39, 0.29) is 18.3 Å². The van der Waals surface area contributed by atoms with Crippen molar-refractivity contribution in [2.24, 2.45) is 0 Å². The van der Waals surface area contributed by atoms with Gasteiger partial charge >= 0.3 is 5.97 Å². The molecule has 3 rings (SSSR count). The first-order valence-corrected chi connectivity index (χ1v) is 8.98. The average Bonchev–Trinajstić information content (AvgIpc) is 3.09. The second kappa shape index (κ2) is 8.96. The van der Waals surface area contributed by atoms with Crippen molar-refractivity contribution < 1.29 is 24.0 Å². The van der Waals surface area contributed by atoms with Crippen LogP contribution in [0.5, 0.6) is 0 Å². The van der Waals surface area contributed by atoms with Crippen LogP contribution in [0, 0.1) is 10.1 Å². The minimum absolute atomic E-state index is 0.0172. The van der Waals surface area contributed by atoms with Crippen molar-refractivity contribution in [2.75, 3.05) is 39.8 Å². The molecule has 0 amide bonds. The van der Waals surface area contributed by atoms with E-state index in [2.05, 4.69) is 4.90 Å². The quantitative estimate of drug-likeness (QED) is 0.540. The van der Waals surface area contributed by atoms with Crippen molar-refractivity contribution in [3.05, 3.63) is 52.3 Å². The van der Waals surface area contributed by atoms with Crippen molar-refractivity contribution in [2.45, 2.75) is 12.6 Å². The number of aliphatic carboxylic acids is 1. The number of hydrogen-bond acceptors (Lipinski definition) is 7. The summed E-state index contributed by atoms with van der Waals surface area (Å²) in [6.07, 6.45) is -0.0535. The number of nitro groups is 1. The third-order valence-electron chi connectivity index (χ3n) is 4.55. The molecule has 0 spiro atoms. The van der Waals surface area contributed by atoms with Gasteiger partial charge in [-0.1, -0.05) is 0 Å². The van der Waals surface area contributed by atoms with Gasteiger partial charge in [-0.2, -0.15) is 0 Å². The molecular formula is C19H23N3O6. The maximum Gasteiger partial charge on any atom is 0.317 e.